The van der Waals surface area contributed by atoms with Crippen LogP contribution in [0, 0.1) is 56.7 Å². The molecule has 0 radical (unpaired) electrons. The third-order valence-electron chi connectivity index (χ3n) is 13.5. The van der Waals surface area contributed by atoms with E-state index in [1.54, 1.807) is 0 Å². The average Bonchev–Trinajstić information content (AvgIpc) is 2.80. The van der Waals surface area contributed by atoms with Gasteiger partial charge in [-0.1, -0.05) is 53.2 Å². The smallest absolute Gasteiger partial charge is 0.310 e. The lowest BCUT2D eigenvalue weighted by Gasteiger charge is -2.71. The molecule has 0 aliphatic heterocycles. The molecule has 5 heteroatoms. The first kappa shape index (κ1) is 25.7. The number of hydrogen-bond donors (Lipinski definition) is 4. The summed E-state index contributed by atoms with van der Waals surface area (Å²) in [6.07, 6.45) is 7.51. The van der Waals surface area contributed by atoms with Gasteiger partial charge in [0.15, 0.2) is 0 Å². The maximum Gasteiger partial charge on any atom is 0.310 e. The van der Waals surface area contributed by atoms with Gasteiger partial charge in [0.1, 0.15) is 0 Å². The summed E-state index contributed by atoms with van der Waals surface area (Å²) >= 11 is 0. The van der Waals surface area contributed by atoms with Gasteiger partial charge in [-0.2, -0.15) is 0 Å². The summed E-state index contributed by atoms with van der Waals surface area (Å²) < 4.78 is 0. The van der Waals surface area contributed by atoms with E-state index in [0.717, 1.165) is 44.9 Å². The van der Waals surface area contributed by atoms with Crippen LogP contribution in [0.3, 0.4) is 0 Å². The van der Waals surface area contributed by atoms with Crippen LogP contribution in [0.4, 0.5) is 0 Å². The van der Waals surface area contributed by atoms with E-state index >= 15 is 0 Å². The minimum Gasteiger partial charge on any atom is -0.481 e. The lowest BCUT2D eigenvalue weighted by atomic mass is 9.33. The second-order valence-electron chi connectivity index (χ2n) is 14.5. The van der Waals surface area contributed by atoms with E-state index in [1.165, 1.54) is 5.57 Å². The van der Waals surface area contributed by atoms with Gasteiger partial charge in [-0.3, -0.25) is 4.79 Å². The highest BCUT2D eigenvalue weighted by Gasteiger charge is 2.70. The molecule has 4 N–H and O–H groups in total. The molecule has 0 aromatic heterocycles. The Kier molecular flexibility index (Phi) is 5.73. The van der Waals surface area contributed by atoms with Crippen LogP contribution in [-0.2, 0) is 4.79 Å². The van der Waals surface area contributed by atoms with Gasteiger partial charge < -0.3 is 20.4 Å². The molecular weight excluding hydrogens is 440 g/mol. The topological polar surface area (TPSA) is 98.0 Å². The van der Waals surface area contributed by atoms with E-state index in [-0.39, 0.29) is 34.7 Å². The van der Waals surface area contributed by atoms with Gasteiger partial charge in [-0.25, -0.2) is 0 Å². The van der Waals surface area contributed by atoms with E-state index in [0.29, 0.717) is 24.2 Å². The first-order chi connectivity index (χ1) is 16.2. The van der Waals surface area contributed by atoms with Crippen LogP contribution >= 0.6 is 0 Å². The molecule has 5 aliphatic rings. The number of aliphatic hydroxyl groups is 3. The number of fused-ring (bicyclic) bond motifs is 7. The highest BCUT2D eigenvalue weighted by atomic mass is 16.4. The Balaban J connectivity index is 1.62. The fourth-order valence-corrected chi connectivity index (χ4v) is 11.0. The molecular formula is C30H48O5. The number of aliphatic carboxylic acids is 1. The van der Waals surface area contributed by atoms with Gasteiger partial charge in [0.25, 0.3) is 0 Å². The SMILES string of the molecule is CC1CC[C@]2(C(=O)O)CC[C@]3(C)C(=CC[C@H]4[C@@]5(C)CC(O)C(O)[C@](C)(CO)[C@H]5CC[C@]43C)[C@H]2C1C. The molecule has 0 spiro atoms. The predicted octanol–water partition coefficient (Wildman–Crippen LogP) is 5.03. The van der Waals surface area contributed by atoms with Crippen molar-refractivity contribution in [1.82, 2.24) is 0 Å². The number of carboxylic acids is 1. The summed E-state index contributed by atoms with van der Waals surface area (Å²) in [6.45, 7) is 13.6. The molecule has 12 atom stereocenters. The second-order valence-corrected chi connectivity index (χ2v) is 14.5. The molecule has 5 rings (SSSR count). The third-order valence-corrected chi connectivity index (χ3v) is 13.5. The summed E-state index contributed by atoms with van der Waals surface area (Å²) in [7, 11) is 0. The van der Waals surface area contributed by atoms with E-state index in [2.05, 4.69) is 40.7 Å². The van der Waals surface area contributed by atoms with Crippen LogP contribution in [0.2, 0.25) is 0 Å². The van der Waals surface area contributed by atoms with Gasteiger partial charge in [0.2, 0.25) is 0 Å². The Bertz CT molecular complexity index is 930. The summed E-state index contributed by atoms with van der Waals surface area (Å²) in [5.74, 6) is 0.828. The van der Waals surface area contributed by atoms with Crippen molar-refractivity contribution in [1.29, 1.82) is 0 Å². The fourth-order valence-electron chi connectivity index (χ4n) is 11.0. The van der Waals surface area contributed by atoms with Crippen LogP contribution in [0.25, 0.3) is 0 Å². The number of hydrogen-bond acceptors (Lipinski definition) is 4. The minimum absolute atomic E-state index is 0.00815. The van der Waals surface area contributed by atoms with Crippen LogP contribution in [0.5, 0.6) is 0 Å². The molecule has 35 heavy (non-hydrogen) atoms. The first-order valence-corrected chi connectivity index (χ1v) is 14.1. The number of rotatable bonds is 2. The van der Waals surface area contributed by atoms with Crippen molar-refractivity contribution in [2.24, 2.45) is 56.7 Å². The molecule has 0 amide bonds. The van der Waals surface area contributed by atoms with Gasteiger partial charge in [0, 0.05) is 5.41 Å². The number of carboxylic acid groups (broad SMARTS) is 1. The fraction of sp³-hybridized carbons (Fsp3) is 0.900. The molecule has 4 unspecified atom stereocenters. The number of allylic oxidation sites excluding steroid dienone is 2. The molecule has 4 saturated carbocycles. The molecule has 0 aromatic rings. The van der Waals surface area contributed by atoms with Crippen molar-refractivity contribution < 1.29 is 25.2 Å². The van der Waals surface area contributed by atoms with Crippen LogP contribution in [0.15, 0.2) is 11.6 Å². The summed E-state index contributed by atoms with van der Waals surface area (Å²) in [6, 6.07) is 0. The van der Waals surface area contributed by atoms with Crippen molar-refractivity contribution in [3.05, 3.63) is 11.6 Å². The molecule has 0 aromatic carbocycles. The van der Waals surface area contributed by atoms with Crippen LogP contribution < -0.4 is 0 Å². The maximum absolute atomic E-state index is 12.8. The minimum atomic E-state index is -0.907. The normalized spacial score (nSPS) is 57.7. The number of aliphatic hydroxyl groups excluding tert-OH is 3. The van der Waals surface area contributed by atoms with E-state index in [9.17, 15) is 25.2 Å². The molecule has 0 bridgehead atoms. The van der Waals surface area contributed by atoms with Gasteiger partial charge in [0.05, 0.1) is 24.2 Å². The Morgan fingerprint density at radius 2 is 1.69 bits per heavy atom. The third kappa shape index (κ3) is 2.95. The largest absolute Gasteiger partial charge is 0.481 e. The molecule has 0 heterocycles. The molecule has 5 nitrogen and oxygen atoms in total. The highest BCUT2D eigenvalue weighted by Crippen LogP contribution is 2.75. The van der Waals surface area contributed by atoms with Gasteiger partial charge in [-0.05, 0) is 97.2 Å². The zero-order valence-corrected chi connectivity index (χ0v) is 22.7. The van der Waals surface area contributed by atoms with Gasteiger partial charge in [-0.15, -0.1) is 0 Å². The average molecular weight is 489 g/mol. The Hall–Kier alpha value is -0.910. The van der Waals surface area contributed by atoms with Crippen molar-refractivity contribution >= 4 is 5.97 Å². The standard InChI is InChI=1S/C30H48O5/c1-17-9-12-30(25(34)35)14-13-28(5)19(23(30)18(17)2)7-8-22-26(3)15-20(32)24(33)27(4,16-31)21(26)10-11-29(22,28)6/h7,17-18,20-24,31-33H,8-16H2,1-6H3,(H,34,35)/t17?,18?,20?,21-,22-,23+,24?,26-,27+,28+,29+,30-/m0/s1. The molecule has 0 saturated heterocycles. The zero-order chi connectivity index (χ0) is 25.8. The van der Waals surface area contributed by atoms with Crippen molar-refractivity contribution in [2.75, 3.05) is 6.61 Å². The lowest BCUT2D eigenvalue weighted by molar-refractivity contribution is -0.244. The summed E-state index contributed by atoms with van der Waals surface area (Å²) in [5, 5.41) is 42.9. The lowest BCUT2D eigenvalue weighted by Crippen LogP contribution is -2.68. The maximum atomic E-state index is 12.8. The highest BCUT2D eigenvalue weighted by molar-refractivity contribution is 5.76. The van der Waals surface area contributed by atoms with Crippen LogP contribution in [0.1, 0.15) is 92.9 Å². The molecule has 5 aliphatic carbocycles. The van der Waals surface area contributed by atoms with E-state index in [4.69, 9.17) is 0 Å². The Morgan fingerprint density at radius 3 is 2.31 bits per heavy atom. The predicted molar refractivity (Wildman–Crippen MR) is 135 cm³/mol. The first-order valence-electron chi connectivity index (χ1n) is 14.1. The molecule has 198 valence electrons. The van der Waals surface area contributed by atoms with Crippen LogP contribution in [-0.4, -0.2) is 45.2 Å². The van der Waals surface area contributed by atoms with Crippen molar-refractivity contribution in [2.45, 2.75) is 105 Å². The summed E-state index contributed by atoms with van der Waals surface area (Å²) in [4.78, 5) is 12.8. The molecule has 4 fully saturated rings. The Labute approximate surface area is 211 Å². The van der Waals surface area contributed by atoms with Gasteiger partial charge >= 0.3 is 5.97 Å². The number of carbonyl (C=O) groups is 1. The summed E-state index contributed by atoms with van der Waals surface area (Å²) in [5.41, 5.74) is -0.214. The quantitative estimate of drug-likeness (QED) is 0.409. The second kappa shape index (κ2) is 7.80. The van der Waals surface area contributed by atoms with E-state index < -0.39 is 29.0 Å². The van der Waals surface area contributed by atoms with E-state index in [1.807, 2.05) is 6.92 Å². The van der Waals surface area contributed by atoms with Crippen molar-refractivity contribution in [3.63, 3.8) is 0 Å². The zero-order valence-electron chi connectivity index (χ0n) is 22.7. The Morgan fingerprint density at radius 1 is 1.00 bits per heavy atom. The van der Waals surface area contributed by atoms with Crippen molar-refractivity contribution in [3.8, 4) is 0 Å². The monoisotopic (exact) mass is 488 g/mol.